The average Bonchev–Trinajstić information content (AvgIpc) is 2.86. The molecule has 0 radical (unpaired) electrons. The van der Waals surface area contributed by atoms with Crippen LogP contribution in [-0.4, -0.2) is 22.5 Å². The van der Waals surface area contributed by atoms with Crippen molar-refractivity contribution in [1.82, 2.24) is 0 Å². The summed E-state index contributed by atoms with van der Waals surface area (Å²) in [5, 5.41) is 0. The van der Waals surface area contributed by atoms with E-state index in [0.29, 0.717) is 0 Å². The SMILES string of the molecule is CC(C)C(C)(C)OP(=O)(O)CN=C1c2ccccc2-c2ccccc21. The van der Waals surface area contributed by atoms with E-state index in [2.05, 4.69) is 4.99 Å². The number of nitrogens with zero attached hydrogens (tertiary/aromatic N) is 1. The number of hydrogen-bond acceptors (Lipinski definition) is 3. The summed E-state index contributed by atoms with van der Waals surface area (Å²) in [7, 11) is -3.83. The van der Waals surface area contributed by atoms with Crippen molar-refractivity contribution in [2.24, 2.45) is 10.9 Å². The molecule has 0 aliphatic heterocycles. The fourth-order valence-electron chi connectivity index (χ4n) is 2.83. The molecule has 1 N–H and O–H groups in total. The van der Waals surface area contributed by atoms with Crippen LogP contribution in [0.5, 0.6) is 0 Å². The Labute approximate surface area is 149 Å². The first kappa shape index (κ1) is 18.1. The molecule has 4 nitrogen and oxygen atoms in total. The summed E-state index contributed by atoms with van der Waals surface area (Å²) in [6.07, 6.45) is -0.249. The lowest BCUT2D eigenvalue weighted by Gasteiger charge is -2.31. The molecule has 1 unspecified atom stereocenters. The number of aliphatic imine (C=N–C) groups is 1. The summed E-state index contributed by atoms with van der Waals surface area (Å²) in [6.45, 7) is 7.59. The van der Waals surface area contributed by atoms with Crippen LogP contribution in [0.3, 0.4) is 0 Å². The quantitative estimate of drug-likeness (QED) is 0.646. The Balaban J connectivity index is 1.93. The Morgan fingerprint density at radius 3 is 1.88 bits per heavy atom. The fraction of sp³-hybridized carbons (Fsp3) is 0.350. The van der Waals surface area contributed by atoms with E-state index in [0.717, 1.165) is 28.0 Å². The van der Waals surface area contributed by atoms with Gasteiger partial charge < -0.3 is 9.42 Å². The molecule has 0 fully saturated rings. The summed E-state index contributed by atoms with van der Waals surface area (Å²) < 4.78 is 18.1. The molecule has 0 saturated heterocycles. The van der Waals surface area contributed by atoms with Gasteiger partial charge in [-0.25, -0.2) is 0 Å². The fourth-order valence-corrected chi connectivity index (χ4v) is 4.15. The molecular formula is C20H24NO3P. The summed E-state index contributed by atoms with van der Waals surface area (Å²) in [4.78, 5) is 14.8. The highest BCUT2D eigenvalue weighted by atomic mass is 31.2. The third-order valence-corrected chi connectivity index (χ3v) is 6.09. The van der Waals surface area contributed by atoms with Crippen LogP contribution in [-0.2, 0) is 9.09 Å². The third-order valence-electron chi connectivity index (χ3n) is 4.83. The van der Waals surface area contributed by atoms with Gasteiger partial charge in [0.05, 0.1) is 11.3 Å². The van der Waals surface area contributed by atoms with Gasteiger partial charge in [0, 0.05) is 11.1 Å². The molecule has 2 aromatic carbocycles. The van der Waals surface area contributed by atoms with Crippen molar-refractivity contribution in [2.75, 3.05) is 6.29 Å². The first-order valence-corrected chi connectivity index (χ1v) is 10.2. The topological polar surface area (TPSA) is 58.9 Å². The molecule has 1 atom stereocenters. The highest BCUT2D eigenvalue weighted by molar-refractivity contribution is 7.52. The minimum absolute atomic E-state index is 0.119. The van der Waals surface area contributed by atoms with E-state index in [1.165, 1.54) is 0 Å². The molecule has 0 heterocycles. The zero-order chi connectivity index (χ0) is 18.2. The van der Waals surface area contributed by atoms with Gasteiger partial charge in [0.15, 0.2) is 0 Å². The maximum absolute atomic E-state index is 12.5. The van der Waals surface area contributed by atoms with E-state index in [1.807, 2.05) is 76.2 Å². The van der Waals surface area contributed by atoms with Crippen molar-refractivity contribution in [1.29, 1.82) is 0 Å². The zero-order valence-corrected chi connectivity index (χ0v) is 16.0. The van der Waals surface area contributed by atoms with Crippen LogP contribution in [0.4, 0.5) is 0 Å². The standard InChI is InChI=1S/C20H24NO3P/c1-14(2)20(3,4)24-25(22,23)13-21-19-17-11-7-5-9-15(17)16-10-6-8-12-18(16)19/h5-12,14H,13H2,1-4H3,(H,22,23). The van der Waals surface area contributed by atoms with Crippen LogP contribution in [0.1, 0.15) is 38.8 Å². The second-order valence-electron chi connectivity index (χ2n) is 7.23. The van der Waals surface area contributed by atoms with Crippen molar-refractivity contribution >= 4 is 13.3 Å². The van der Waals surface area contributed by atoms with Gasteiger partial charge in [-0.15, -0.1) is 0 Å². The van der Waals surface area contributed by atoms with E-state index in [9.17, 15) is 9.46 Å². The molecule has 5 heteroatoms. The van der Waals surface area contributed by atoms with Gasteiger partial charge in [0.2, 0.25) is 0 Å². The lowest BCUT2D eigenvalue weighted by molar-refractivity contribution is 0.0478. The minimum atomic E-state index is -3.83. The monoisotopic (exact) mass is 357 g/mol. The zero-order valence-electron chi connectivity index (χ0n) is 15.1. The molecule has 3 rings (SSSR count). The molecule has 0 spiro atoms. The lowest BCUT2D eigenvalue weighted by atomic mass is 9.95. The average molecular weight is 357 g/mol. The van der Waals surface area contributed by atoms with Gasteiger partial charge in [-0.1, -0.05) is 62.4 Å². The van der Waals surface area contributed by atoms with E-state index in [-0.39, 0.29) is 12.2 Å². The number of rotatable bonds is 5. The molecule has 2 aromatic rings. The molecule has 0 aromatic heterocycles. The maximum atomic E-state index is 12.5. The summed E-state index contributed by atoms with van der Waals surface area (Å²) >= 11 is 0. The first-order valence-electron chi connectivity index (χ1n) is 8.47. The van der Waals surface area contributed by atoms with E-state index >= 15 is 0 Å². The highest BCUT2D eigenvalue weighted by Gasteiger charge is 2.33. The molecule has 1 aliphatic carbocycles. The Morgan fingerprint density at radius 2 is 1.44 bits per heavy atom. The smallest absolute Gasteiger partial charge is 0.323 e. The molecule has 0 bridgehead atoms. The van der Waals surface area contributed by atoms with Crippen molar-refractivity contribution in [3.63, 3.8) is 0 Å². The molecule has 25 heavy (non-hydrogen) atoms. The van der Waals surface area contributed by atoms with Crippen LogP contribution < -0.4 is 0 Å². The van der Waals surface area contributed by atoms with Crippen LogP contribution in [0.2, 0.25) is 0 Å². The van der Waals surface area contributed by atoms with Crippen LogP contribution in [0, 0.1) is 5.92 Å². The van der Waals surface area contributed by atoms with Crippen molar-refractivity contribution in [3.05, 3.63) is 59.7 Å². The van der Waals surface area contributed by atoms with E-state index in [4.69, 9.17) is 4.52 Å². The van der Waals surface area contributed by atoms with Gasteiger partial charge in [0.25, 0.3) is 0 Å². The van der Waals surface area contributed by atoms with Crippen LogP contribution in [0.25, 0.3) is 11.1 Å². The maximum Gasteiger partial charge on any atom is 0.349 e. The van der Waals surface area contributed by atoms with Crippen molar-refractivity contribution in [2.45, 2.75) is 33.3 Å². The predicted octanol–water partition coefficient (Wildman–Crippen LogP) is 5.10. The van der Waals surface area contributed by atoms with Crippen molar-refractivity contribution in [3.8, 4) is 11.1 Å². The normalized spacial score (nSPS) is 15.7. The Hall–Kier alpha value is -1.74. The van der Waals surface area contributed by atoms with Crippen LogP contribution >= 0.6 is 7.60 Å². The Kier molecular flexibility index (Phi) is 4.72. The van der Waals surface area contributed by atoms with Gasteiger partial charge in [-0.05, 0) is 30.9 Å². The molecule has 132 valence electrons. The summed E-state index contributed by atoms with van der Waals surface area (Å²) in [5.41, 5.74) is 4.27. The van der Waals surface area contributed by atoms with Gasteiger partial charge in [-0.3, -0.25) is 9.56 Å². The minimum Gasteiger partial charge on any atom is -0.323 e. The van der Waals surface area contributed by atoms with E-state index in [1.54, 1.807) is 0 Å². The lowest BCUT2D eigenvalue weighted by Crippen LogP contribution is -2.30. The third kappa shape index (κ3) is 3.62. The summed E-state index contributed by atoms with van der Waals surface area (Å²) in [5.74, 6) is 0.119. The number of benzene rings is 2. The predicted molar refractivity (Wildman–Crippen MR) is 102 cm³/mol. The highest BCUT2D eigenvalue weighted by Crippen LogP contribution is 2.48. The molecule has 0 saturated carbocycles. The first-order chi connectivity index (χ1) is 11.7. The second-order valence-corrected chi connectivity index (χ2v) is 8.97. The number of hydrogen-bond donors (Lipinski definition) is 1. The van der Waals surface area contributed by atoms with Crippen molar-refractivity contribution < 1.29 is 14.0 Å². The van der Waals surface area contributed by atoms with Crippen LogP contribution in [0.15, 0.2) is 53.5 Å². The summed E-state index contributed by atoms with van der Waals surface area (Å²) in [6, 6.07) is 16.0. The van der Waals surface area contributed by atoms with Gasteiger partial charge in [-0.2, -0.15) is 0 Å². The van der Waals surface area contributed by atoms with Gasteiger partial charge in [0.1, 0.15) is 6.29 Å². The second kappa shape index (κ2) is 6.53. The molecule has 0 amide bonds. The Morgan fingerprint density at radius 1 is 1.00 bits per heavy atom. The largest absolute Gasteiger partial charge is 0.349 e. The molecular weight excluding hydrogens is 333 g/mol. The number of fused-ring (bicyclic) bond motifs is 3. The Bertz CT molecular complexity index is 823. The van der Waals surface area contributed by atoms with E-state index < -0.39 is 13.2 Å². The van der Waals surface area contributed by atoms with Gasteiger partial charge >= 0.3 is 7.60 Å². The molecule has 1 aliphatic rings.